The molecule has 2 aliphatic rings. The molecule has 6 aromatic carbocycles. The molecule has 0 amide bonds. The number of allylic oxidation sites excluding steroid dienone is 1. The molecule has 0 atom stereocenters. The van der Waals surface area contributed by atoms with Gasteiger partial charge in [-0.15, -0.1) is 0 Å². The van der Waals surface area contributed by atoms with Gasteiger partial charge in [0.1, 0.15) is 0 Å². The summed E-state index contributed by atoms with van der Waals surface area (Å²) in [5.41, 5.74) is 16.0. The van der Waals surface area contributed by atoms with Crippen molar-refractivity contribution in [1.29, 1.82) is 0 Å². The predicted octanol–water partition coefficient (Wildman–Crippen LogP) is 11.8. The first-order chi connectivity index (χ1) is 22.6. The maximum atomic E-state index is 6.39. The maximum Gasteiger partial charge on any atom is 0.0972 e. The van der Waals surface area contributed by atoms with Gasteiger partial charge < -0.3 is 4.90 Å². The largest absolute Gasteiger partial charge is 0.303 e. The van der Waals surface area contributed by atoms with Gasteiger partial charge >= 0.3 is 0 Å². The van der Waals surface area contributed by atoms with Crippen molar-refractivity contribution in [2.45, 2.75) is 32.1 Å². The zero-order valence-electron chi connectivity index (χ0n) is 26.2. The average molecular weight is 610 g/mol. The molecule has 8 rings (SSSR count). The molecule has 0 bridgehead atoms. The molecular formula is C44H35NS. The van der Waals surface area contributed by atoms with Crippen LogP contribution in [0.1, 0.15) is 37.0 Å². The number of fused-ring (bicyclic) bond motifs is 2. The Morgan fingerprint density at radius 3 is 1.43 bits per heavy atom. The summed E-state index contributed by atoms with van der Waals surface area (Å²) >= 11 is 6.39. The van der Waals surface area contributed by atoms with E-state index in [1.54, 1.807) is 0 Å². The van der Waals surface area contributed by atoms with Gasteiger partial charge in [0.2, 0.25) is 0 Å². The molecule has 0 saturated carbocycles. The Morgan fingerprint density at radius 1 is 0.500 bits per heavy atom. The molecule has 0 fully saturated rings. The van der Waals surface area contributed by atoms with Crippen LogP contribution in [0.15, 0.2) is 152 Å². The molecule has 46 heavy (non-hydrogen) atoms. The molecule has 1 aliphatic heterocycles. The lowest BCUT2D eigenvalue weighted by Crippen LogP contribution is -2.34. The van der Waals surface area contributed by atoms with Crippen LogP contribution in [0.5, 0.6) is 0 Å². The van der Waals surface area contributed by atoms with Crippen molar-refractivity contribution in [3.8, 4) is 44.5 Å². The molecule has 1 heterocycles. The van der Waals surface area contributed by atoms with Gasteiger partial charge in [0.15, 0.2) is 0 Å². The lowest BCUT2D eigenvalue weighted by molar-refractivity contribution is 0.745. The van der Waals surface area contributed by atoms with Crippen molar-refractivity contribution in [2.24, 2.45) is 0 Å². The van der Waals surface area contributed by atoms with Crippen LogP contribution in [0.2, 0.25) is 0 Å². The SMILES string of the molecule is CC1(C)C(=S)N(C2=CCCc3c2c(-c2ccccc2)c(-c2ccccc2)c(-c2ccccc2)c3-c2ccccc2)c2ccccc21. The lowest BCUT2D eigenvalue weighted by Gasteiger charge is -2.35. The summed E-state index contributed by atoms with van der Waals surface area (Å²) in [4.78, 5) is 3.34. The maximum absolute atomic E-state index is 6.39. The highest BCUT2D eigenvalue weighted by atomic mass is 32.1. The second kappa shape index (κ2) is 11.4. The Labute approximate surface area is 277 Å². The minimum absolute atomic E-state index is 0.258. The van der Waals surface area contributed by atoms with Crippen molar-refractivity contribution >= 4 is 28.6 Å². The third-order valence-electron chi connectivity index (χ3n) is 9.64. The molecule has 6 aromatic rings. The second-order valence-electron chi connectivity index (χ2n) is 12.7. The first kappa shape index (κ1) is 28.4. The van der Waals surface area contributed by atoms with Crippen LogP contribution in [0, 0.1) is 0 Å². The van der Waals surface area contributed by atoms with E-state index in [9.17, 15) is 0 Å². The summed E-state index contributed by atoms with van der Waals surface area (Å²) in [6, 6.07) is 52.6. The van der Waals surface area contributed by atoms with E-state index in [-0.39, 0.29) is 5.41 Å². The Morgan fingerprint density at radius 2 is 0.913 bits per heavy atom. The van der Waals surface area contributed by atoms with Gasteiger partial charge in [-0.3, -0.25) is 0 Å². The summed E-state index contributed by atoms with van der Waals surface area (Å²) in [6.07, 6.45) is 4.32. The van der Waals surface area contributed by atoms with Crippen LogP contribution in [-0.2, 0) is 11.8 Å². The molecule has 0 aromatic heterocycles. The van der Waals surface area contributed by atoms with Crippen LogP contribution in [0.25, 0.3) is 50.2 Å². The van der Waals surface area contributed by atoms with Crippen molar-refractivity contribution in [3.63, 3.8) is 0 Å². The fraction of sp³-hybridized carbons (Fsp3) is 0.114. The highest BCUT2D eigenvalue weighted by molar-refractivity contribution is 7.80. The van der Waals surface area contributed by atoms with Crippen LogP contribution < -0.4 is 4.90 Å². The first-order valence-corrected chi connectivity index (χ1v) is 16.6. The summed E-state index contributed by atoms with van der Waals surface area (Å²) < 4.78 is 0. The summed E-state index contributed by atoms with van der Waals surface area (Å²) in [7, 11) is 0. The van der Waals surface area contributed by atoms with E-state index in [1.165, 1.54) is 72.6 Å². The highest BCUT2D eigenvalue weighted by Crippen LogP contribution is 2.55. The van der Waals surface area contributed by atoms with Gasteiger partial charge in [0.25, 0.3) is 0 Å². The minimum Gasteiger partial charge on any atom is -0.303 e. The first-order valence-electron chi connectivity index (χ1n) is 16.1. The number of nitrogens with zero attached hydrogens (tertiary/aromatic N) is 1. The molecule has 222 valence electrons. The van der Waals surface area contributed by atoms with Crippen molar-refractivity contribution in [3.05, 3.63) is 168 Å². The van der Waals surface area contributed by atoms with Crippen molar-refractivity contribution < 1.29 is 0 Å². The normalized spacial score (nSPS) is 14.9. The molecule has 0 unspecified atom stereocenters. The van der Waals surface area contributed by atoms with Crippen molar-refractivity contribution in [1.82, 2.24) is 0 Å². The smallest absolute Gasteiger partial charge is 0.0972 e. The monoisotopic (exact) mass is 609 g/mol. The molecule has 0 saturated heterocycles. The summed E-state index contributed by atoms with van der Waals surface area (Å²) in [5, 5.41) is 0. The number of hydrogen-bond acceptors (Lipinski definition) is 1. The number of anilines is 1. The number of thiocarbonyl (C=S) groups is 1. The quantitative estimate of drug-likeness (QED) is 0.179. The molecule has 0 N–H and O–H groups in total. The summed E-state index contributed by atoms with van der Waals surface area (Å²) in [5.74, 6) is 0. The fourth-order valence-corrected chi connectivity index (χ4v) is 7.84. The zero-order valence-corrected chi connectivity index (χ0v) is 27.0. The Hall–Kier alpha value is -5.05. The van der Waals surface area contributed by atoms with Crippen LogP contribution >= 0.6 is 12.2 Å². The molecule has 1 aliphatic carbocycles. The minimum atomic E-state index is -0.258. The molecule has 0 radical (unpaired) electrons. The fourth-order valence-electron chi connectivity index (χ4n) is 7.54. The Balaban J connectivity index is 1.57. The van der Waals surface area contributed by atoms with Crippen LogP contribution in [0.3, 0.4) is 0 Å². The van der Waals surface area contributed by atoms with Crippen LogP contribution in [0.4, 0.5) is 5.69 Å². The molecule has 0 spiro atoms. The van der Waals surface area contributed by atoms with E-state index in [0.717, 1.165) is 17.8 Å². The van der Waals surface area contributed by atoms with Crippen molar-refractivity contribution in [2.75, 3.05) is 4.90 Å². The van der Waals surface area contributed by atoms with Gasteiger partial charge in [-0.25, -0.2) is 0 Å². The number of rotatable bonds is 5. The van der Waals surface area contributed by atoms with Crippen LogP contribution in [-0.4, -0.2) is 4.99 Å². The standard InChI is InChI=1S/C44H35NS/c1-44(2)35-27-15-16-28-36(35)45(43(44)46)37-29-17-26-34-38(30-18-7-3-8-19-30)39(31-20-9-4-10-21-31)40(32-22-11-5-12-23-32)41(42(34)37)33-24-13-6-14-25-33/h3-16,18-25,27-29H,17,26H2,1-2H3. The Bertz CT molecular complexity index is 2110. The third-order valence-corrected chi connectivity index (χ3v) is 10.3. The van der Waals surface area contributed by atoms with E-state index in [4.69, 9.17) is 12.2 Å². The van der Waals surface area contributed by atoms with E-state index in [1.807, 2.05) is 0 Å². The predicted molar refractivity (Wildman–Crippen MR) is 199 cm³/mol. The summed E-state index contributed by atoms with van der Waals surface area (Å²) in [6.45, 7) is 4.53. The van der Waals surface area contributed by atoms with Gasteiger partial charge in [-0.2, -0.15) is 0 Å². The molecular weight excluding hydrogens is 575 g/mol. The number of benzene rings is 6. The second-order valence-corrected chi connectivity index (χ2v) is 13.1. The van der Waals surface area contributed by atoms with E-state index < -0.39 is 0 Å². The highest BCUT2D eigenvalue weighted by Gasteiger charge is 2.43. The van der Waals surface area contributed by atoms with Gasteiger partial charge in [0.05, 0.1) is 16.4 Å². The lowest BCUT2D eigenvalue weighted by atomic mass is 9.74. The van der Waals surface area contributed by atoms with Gasteiger partial charge in [0, 0.05) is 11.0 Å². The number of para-hydroxylation sites is 1. The third kappa shape index (κ3) is 4.48. The van der Waals surface area contributed by atoms with E-state index in [0.29, 0.717) is 0 Å². The van der Waals surface area contributed by atoms with E-state index in [2.05, 4.69) is 170 Å². The topological polar surface area (TPSA) is 3.24 Å². The Kier molecular flexibility index (Phi) is 7.04. The molecule has 1 nitrogen and oxygen atoms in total. The zero-order chi connectivity index (χ0) is 31.3. The van der Waals surface area contributed by atoms with Gasteiger partial charge in [-0.1, -0.05) is 158 Å². The average Bonchev–Trinajstić information content (AvgIpc) is 3.32. The number of hydrogen-bond donors (Lipinski definition) is 0. The molecule has 2 heteroatoms. The van der Waals surface area contributed by atoms with Gasteiger partial charge in [-0.05, 0) is 88.4 Å². The van der Waals surface area contributed by atoms with E-state index >= 15 is 0 Å².